The molecule has 0 aliphatic carbocycles. The monoisotopic (exact) mass is 188 g/mol. The van der Waals surface area contributed by atoms with E-state index in [1.807, 2.05) is 6.92 Å². The number of carbonyl (C=O) groups is 2. The molecular weight excluding hydrogens is 172 g/mol. The first-order chi connectivity index (χ1) is 6.20. The van der Waals surface area contributed by atoms with E-state index in [-0.39, 0.29) is 25.0 Å². The quantitative estimate of drug-likeness (QED) is 0.577. The van der Waals surface area contributed by atoms with Crippen molar-refractivity contribution in [2.24, 2.45) is 0 Å². The van der Waals surface area contributed by atoms with E-state index < -0.39 is 0 Å². The van der Waals surface area contributed by atoms with Crippen LogP contribution in [0.4, 0.5) is 0 Å². The molecule has 0 aromatic carbocycles. The van der Waals surface area contributed by atoms with Gasteiger partial charge >= 0.3 is 0 Å². The van der Waals surface area contributed by atoms with Crippen molar-refractivity contribution >= 4 is 11.8 Å². The van der Waals surface area contributed by atoms with Gasteiger partial charge in [0, 0.05) is 13.2 Å². The van der Waals surface area contributed by atoms with Crippen LogP contribution in [0.5, 0.6) is 0 Å². The molecule has 0 saturated carbocycles. The molecule has 2 N–H and O–H groups in total. The molecule has 5 heteroatoms. The maximum absolute atomic E-state index is 10.9. The highest BCUT2D eigenvalue weighted by Crippen LogP contribution is 1.73. The highest BCUT2D eigenvalue weighted by Gasteiger charge is 2.03. The summed E-state index contributed by atoms with van der Waals surface area (Å²) in [5, 5.41) is 4.99. The van der Waals surface area contributed by atoms with E-state index >= 15 is 0 Å². The first-order valence-corrected chi connectivity index (χ1v) is 4.31. The van der Waals surface area contributed by atoms with Gasteiger partial charge in [-0.05, 0) is 13.8 Å². The van der Waals surface area contributed by atoms with E-state index in [1.165, 1.54) is 0 Å². The van der Waals surface area contributed by atoms with Crippen molar-refractivity contribution in [1.29, 1.82) is 0 Å². The first kappa shape index (κ1) is 11.9. The summed E-state index contributed by atoms with van der Waals surface area (Å²) in [6, 6.07) is 0. The van der Waals surface area contributed by atoms with Gasteiger partial charge < -0.3 is 15.4 Å². The summed E-state index contributed by atoms with van der Waals surface area (Å²) < 4.78 is 4.84. The molecule has 76 valence electrons. The molecule has 0 atom stereocenters. The topological polar surface area (TPSA) is 67.4 Å². The number of amides is 2. The van der Waals surface area contributed by atoms with Crippen molar-refractivity contribution < 1.29 is 14.3 Å². The largest absolute Gasteiger partial charge is 0.372 e. The Morgan fingerprint density at radius 1 is 1.15 bits per heavy atom. The van der Waals surface area contributed by atoms with Crippen molar-refractivity contribution in [3.63, 3.8) is 0 Å². The zero-order valence-corrected chi connectivity index (χ0v) is 8.05. The summed E-state index contributed by atoms with van der Waals surface area (Å²) in [5.74, 6) is -0.458. The average molecular weight is 188 g/mol. The Morgan fingerprint density at radius 3 is 2.38 bits per heavy atom. The van der Waals surface area contributed by atoms with Crippen molar-refractivity contribution in [3.8, 4) is 0 Å². The van der Waals surface area contributed by atoms with Gasteiger partial charge in [0.05, 0.1) is 6.54 Å². The van der Waals surface area contributed by atoms with Crippen LogP contribution >= 0.6 is 0 Å². The van der Waals surface area contributed by atoms with Crippen LogP contribution in [0.3, 0.4) is 0 Å². The Labute approximate surface area is 77.8 Å². The minimum absolute atomic E-state index is 0.00983. The smallest absolute Gasteiger partial charge is 0.246 e. The molecule has 0 rings (SSSR count). The van der Waals surface area contributed by atoms with Crippen LogP contribution < -0.4 is 10.6 Å². The molecule has 0 saturated heterocycles. The van der Waals surface area contributed by atoms with Crippen LogP contribution in [0.1, 0.15) is 13.8 Å². The van der Waals surface area contributed by atoms with Crippen molar-refractivity contribution in [2.45, 2.75) is 13.8 Å². The first-order valence-electron chi connectivity index (χ1n) is 4.31. The number of carbonyl (C=O) groups excluding carboxylic acids is 2. The lowest BCUT2D eigenvalue weighted by Gasteiger charge is -2.04. The molecule has 0 heterocycles. The number of likely N-dealkylation sites (N-methyl/N-ethyl adjacent to an activating group) is 1. The van der Waals surface area contributed by atoms with E-state index in [4.69, 9.17) is 4.74 Å². The van der Waals surface area contributed by atoms with Gasteiger partial charge in [-0.3, -0.25) is 9.59 Å². The van der Waals surface area contributed by atoms with E-state index in [9.17, 15) is 9.59 Å². The zero-order valence-electron chi connectivity index (χ0n) is 8.05. The van der Waals surface area contributed by atoms with Gasteiger partial charge in [-0.15, -0.1) is 0 Å². The predicted octanol–water partition coefficient (Wildman–Crippen LogP) is -0.725. The maximum Gasteiger partial charge on any atom is 0.246 e. The number of rotatable bonds is 6. The minimum atomic E-state index is -0.270. The van der Waals surface area contributed by atoms with E-state index in [2.05, 4.69) is 10.6 Å². The van der Waals surface area contributed by atoms with Crippen molar-refractivity contribution in [1.82, 2.24) is 10.6 Å². The molecule has 0 spiro atoms. The third kappa shape index (κ3) is 7.27. The van der Waals surface area contributed by atoms with Crippen LogP contribution in [-0.4, -0.2) is 38.1 Å². The van der Waals surface area contributed by atoms with Gasteiger partial charge in [0.25, 0.3) is 0 Å². The summed E-state index contributed by atoms with van der Waals surface area (Å²) in [6.07, 6.45) is 0. The van der Waals surface area contributed by atoms with E-state index in [0.29, 0.717) is 13.2 Å². The summed E-state index contributed by atoms with van der Waals surface area (Å²) in [7, 11) is 0. The van der Waals surface area contributed by atoms with Gasteiger partial charge in [0.1, 0.15) is 6.61 Å². The Bertz CT molecular complexity index is 171. The van der Waals surface area contributed by atoms with Crippen molar-refractivity contribution in [3.05, 3.63) is 0 Å². The summed E-state index contributed by atoms with van der Waals surface area (Å²) in [6.45, 7) is 4.71. The fraction of sp³-hybridized carbons (Fsp3) is 0.750. The second-order valence-electron chi connectivity index (χ2n) is 2.37. The Morgan fingerprint density at radius 2 is 1.85 bits per heavy atom. The third-order valence-corrected chi connectivity index (χ3v) is 1.26. The maximum atomic E-state index is 10.9. The normalized spacial score (nSPS) is 9.38. The van der Waals surface area contributed by atoms with Crippen molar-refractivity contribution in [2.75, 3.05) is 26.3 Å². The molecule has 0 fully saturated rings. The molecule has 2 amide bonds. The van der Waals surface area contributed by atoms with Gasteiger partial charge in [-0.2, -0.15) is 0 Å². The fourth-order valence-corrected chi connectivity index (χ4v) is 0.684. The average Bonchev–Trinajstić information content (AvgIpc) is 2.12. The van der Waals surface area contributed by atoms with Crippen LogP contribution in [0.2, 0.25) is 0 Å². The highest BCUT2D eigenvalue weighted by atomic mass is 16.5. The van der Waals surface area contributed by atoms with Crippen LogP contribution in [0.15, 0.2) is 0 Å². The third-order valence-electron chi connectivity index (χ3n) is 1.26. The molecule has 0 aromatic heterocycles. The molecule has 0 radical (unpaired) electrons. The summed E-state index contributed by atoms with van der Waals surface area (Å²) in [4.78, 5) is 21.7. The molecule has 0 aliphatic heterocycles. The second-order valence-corrected chi connectivity index (χ2v) is 2.37. The predicted molar refractivity (Wildman–Crippen MR) is 48.2 cm³/mol. The van der Waals surface area contributed by atoms with Crippen LogP contribution in [0.25, 0.3) is 0 Å². The molecule has 13 heavy (non-hydrogen) atoms. The lowest BCUT2D eigenvalue weighted by atomic mass is 10.5. The molecule has 0 aromatic rings. The number of ether oxygens (including phenoxy) is 1. The molecule has 0 aliphatic rings. The second kappa shape index (κ2) is 7.54. The summed E-state index contributed by atoms with van der Waals surface area (Å²) in [5.41, 5.74) is 0. The Hall–Kier alpha value is -1.10. The zero-order chi connectivity index (χ0) is 10.1. The minimum Gasteiger partial charge on any atom is -0.372 e. The Kier molecular flexibility index (Phi) is 6.91. The number of hydrogen-bond donors (Lipinski definition) is 2. The van der Waals surface area contributed by atoms with Gasteiger partial charge in [-0.1, -0.05) is 0 Å². The standard InChI is InChI=1S/C8H16N2O3/c1-3-9-7(11)5-10-8(12)6-13-4-2/h3-6H2,1-2H3,(H,9,11)(H,10,12). The van der Waals surface area contributed by atoms with Gasteiger partial charge in [0.15, 0.2) is 0 Å². The van der Waals surface area contributed by atoms with Crippen LogP contribution in [-0.2, 0) is 14.3 Å². The highest BCUT2D eigenvalue weighted by molar-refractivity contribution is 5.85. The Balaban J connectivity index is 3.40. The SMILES string of the molecule is CCNC(=O)CNC(=O)COCC. The lowest BCUT2D eigenvalue weighted by molar-refractivity contribution is -0.128. The van der Waals surface area contributed by atoms with E-state index in [0.717, 1.165) is 0 Å². The van der Waals surface area contributed by atoms with Gasteiger partial charge in [0.2, 0.25) is 11.8 Å². The van der Waals surface area contributed by atoms with Crippen LogP contribution in [0, 0.1) is 0 Å². The fourth-order valence-electron chi connectivity index (χ4n) is 0.684. The number of hydrogen-bond acceptors (Lipinski definition) is 3. The summed E-state index contributed by atoms with van der Waals surface area (Å²) >= 11 is 0. The van der Waals surface area contributed by atoms with E-state index in [1.54, 1.807) is 6.92 Å². The molecular formula is C8H16N2O3. The molecule has 0 unspecified atom stereocenters. The molecule has 5 nitrogen and oxygen atoms in total. The number of nitrogens with one attached hydrogen (secondary N) is 2. The molecule has 0 bridgehead atoms. The lowest BCUT2D eigenvalue weighted by Crippen LogP contribution is -2.38. The van der Waals surface area contributed by atoms with Gasteiger partial charge in [-0.25, -0.2) is 0 Å².